The van der Waals surface area contributed by atoms with Crippen molar-refractivity contribution >= 4 is 35.4 Å². The van der Waals surface area contributed by atoms with Crippen LogP contribution in [0.2, 0.25) is 0 Å². The molecule has 0 spiro atoms. The Labute approximate surface area is 197 Å². The molecular formula is C26H26N2O6. The minimum absolute atomic E-state index is 0.0762. The van der Waals surface area contributed by atoms with Crippen LogP contribution in [0.25, 0.3) is 6.08 Å². The monoisotopic (exact) mass is 462 g/mol. The Balaban J connectivity index is 0.000000739. The summed E-state index contributed by atoms with van der Waals surface area (Å²) in [6.45, 7) is 1.44. The van der Waals surface area contributed by atoms with Gasteiger partial charge in [0.1, 0.15) is 12.4 Å². The minimum atomic E-state index is -0.495. The minimum Gasteiger partial charge on any atom is -0.469 e. The molecule has 3 rings (SSSR count). The number of carbonyl (C=O) groups is 3. The molecule has 4 N–H and O–H groups in total. The molecule has 0 fully saturated rings. The Bertz CT molecular complexity index is 1120. The summed E-state index contributed by atoms with van der Waals surface area (Å²) in [4.78, 5) is 33.5. The third kappa shape index (κ3) is 9.27. The number of nitrogens with two attached hydrogens (primary N) is 2. The van der Waals surface area contributed by atoms with E-state index in [0.717, 1.165) is 5.56 Å². The maximum Gasteiger partial charge on any atom is 0.343 e. The highest BCUT2D eigenvalue weighted by Gasteiger charge is 2.07. The zero-order valence-electron chi connectivity index (χ0n) is 18.9. The van der Waals surface area contributed by atoms with Gasteiger partial charge in [0.05, 0.1) is 12.7 Å². The van der Waals surface area contributed by atoms with Crippen molar-refractivity contribution in [3.8, 4) is 5.75 Å². The van der Waals surface area contributed by atoms with E-state index < -0.39 is 11.9 Å². The lowest BCUT2D eigenvalue weighted by atomic mass is 10.2. The van der Waals surface area contributed by atoms with Crippen LogP contribution in [0.5, 0.6) is 5.75 Å². The van der Waals surface area contributed by atoms with Crippen molar-refractivity contribution in [1.29, 1.82) is 0 Å². The smallest absolute Gasteiger partial charge is 0.343 e. The molecule has 0 amide bonds. The first-order valence-electron chi connectivity index (χ1n) is 10.2. The standard InChI is InChI=1S/C23H20N2O4.C3H6O2/c24-19-12-17(13-20(25)14-19)15-28-22(26)11-8-16-6-9-21(10-7-16)29-23(27)18-4-2-1-3-5-18;1-3(4)5-2/h1-14H,15,24-25H2;1-2H3/b11-8+;. The summed E-state index contributed by atoms with van der Waals surface area (Å²) in [6.07, 6.45) is 2.93. The van der Waals surface area contributed by atoms with E-state index in [-0.39, 0.29) is 12.6 Å². The van der Waals surface area contributed by atoms with Gasteiger partial charge in [0.25, 0.3) is 0 Å². The highest BCUT2D eigenvalue weighted by Crippen LogP contribution is 2.16. The fraction of sp³-hybridized carbons (Fsp3) is 0.115. The molecular weight excluding hydrogens is 436 g/mol. The first-order chi connectivity index (χ1) is 16.3. The van der Waals surface area contributed by atoms with Gasteiger partial charge in [-0.15, -0.1) is 0 Å². The summed E-state index contributed by atoms with van der Waals surface area (Å²) in [5.41, 5.74) is 14.4. The van der Waals surface area contributed by atoms with Gasteiger partial charge in [-0.25, -0.2) is 9.59 Å². The molecule has 0 aromatic heterocycles. The number of ether oxygens (including phenoxy) is 3. The number of anilines is 2. The van der Waals surface area contributed by atoms with E-state index in [9.17, 15) is 14.4 Å². The van der Waals surface area contributed by atoms with Crippen molar-refractivity contribution < 1.29 is 28.6 Å². The van der Waals surface area contributed by atoms with Gasteiger partial charge in [0.15, 0.2) is 0 Å². The molecule has 0 aliphatic carbocycles. The van der Waals surface area contributed by atoms with E-state index in [1.165, 1.54) is 20.1 Å². The number of nitrogen functional groups attached to an aromatic ring is 2. The number of esters is 3. The van der Waals surface area contributed by atoms with Gasteiger partial charge in [-0.05, 0) is 59.7 Å². The van der Waals surface area contributed by atoms with Crippen LogP contribution in [-0.2, 0) is 25.7 Å². The van der Waals surface area contributed by atoms with E-state index >= 15 is 0 Å². The zero-order valence-corrected chi connectivity index (χ0v) is 18.9. The first-order valence-corrected chi connectivity index (χ1v) is 10.2. The molecule has 0 atom stereocenters. The zero-order chi connectivity index (χ0) is 24.9. The van der Waals surface area contributed by atoms with Gasteiger partial charge in [0, 0.05) is 24.4 Å². The largest absolute Gasteiger partial charge is 0.469 e. The van der Waals surface area contributed by atoms with Crippen LogP contribution < -0.4 is 16.2 Å². The quantitative estimate of drug-likeness (QED) is 0.243. The number of hydrogen-bond donors (Lipinski definition) is 2. The lowest BCUT2D eigenvalue weighted by molar-refractivity contribution is -0.139. The third-order valence-electron chi connectivity index (χ3n) is 4.22. The molecule has 0 radical (unpaired) electrons. The van der Waals surface area contributed by atoms with Crippen LogP contribution in [0.1, 0.15) is 28.4 Å². The number of carbonyl (C=O) groups excluding carboxylic acids is 3. The molecule has 34 heavy (non-hydrogen) atoms. The molecule has 0 saturated carbocycles. The highest BCUT2D eigenvalue weighted by atomic mass is 16.5. The van der Waals surface area contributed by atoms with Crippen LogP contribution in [0, 0.1) is 0 Å². The predicted molar refractivity (Wildman–Crippen MR) is 130 cm³/mol. The summed E-state index contributed by atoms with van der Waals surface area (Å²) in [7, 11) is 1.35. The molecule has 0 saturated heterocycles. The first kappa shape index (κ1) is 25.7. The van der Waals surface area contributed by atoms with Gasteiger partial charge in [-0.3, -0.25) is 4.79 Å². The highest BCUT2D eigenvalue weighted by molar-refractivity contribution is 5.91. The Morgan fingerprint density at radius 1 is 0.882 bits per heavy atom. The Hall–Kier alpha value is -4.59. The normalized spacial score (nSPS) is 10.1. The van der Waals surface area contributed by atoms with Crippen LogP contribution in [0.4, 0.5) is 11.4 Å². The average Bonchev–Trinajstić information content (AvgIpc) is 2.82. The van der Waals surface area contributed by atoms with Gasteiger partial charge in [-0.1, -0.05) is 30.3 Å². The second kappa shape index (κ2) is 13.1. The van der Waals surface area contributed by atoms with Crippen molar-refractivity contribution in [2.45, 2.75) is 13.5 Å². The van der Waals surface area contributed by atoms with Crippen LogP contribution in [0.3, 0.4) is 0 Å². The second-order valence-electron chi connectivity index (χ2n) is 6.97. The molecule has 0 aliphatic rings. The fourth-order valence-corrected chi connectivity index (χ4v) is 2.58. The second-order valence-corrected chi connectivity index (χ2v) is 6.97. The van der Waals surface area contributed by atoms with Crippen LogP contribution in [-0.4, -0.2) is 25.0 Å². The maximum absolute atomic E-state index is 12.0. The molecule has 8 heteroatoms. The van der Waals surface area contributed by atoms with Crippen LogP contribution >= 0.6 is 0 Å². The number of rotatable bonds is 6. The van der Waals surface area contributed by atoms with Crippen molar-refractivity contribution in [1.82, 2.24) is 0 Å². The summed E-state index contributed by atoms with van der Waals surface area (Å²) in [6, 6.07) is 20.5. The average molecular weight is 463 g/mol. The summed E-state index contributed by atoms with van der Waals surface area (Å²) in [5, 5.41) is 0. The van der Waals surface area contributed by atoms with E-state index in [2.05, 4.69) is 4.74 Å². The van der Waals surface area contributed by atoms with Gasteiger partial charge >= 0.3 is 17.9 Å². The molecule has 0 heterocycles. The van der Waals surface area contributed by atoms with Gasteiger partial charge in [-0.2, -0.15) is 0 Å². The van der Waals surface area contributed by atoms with Crippen molar-refractivity contribution in [2.24, 2.45) is 0 Å². The van der Waals surface area contributed by atoms with Crippen LogP contribution in [0.15, 0.2) is 78.9 Å². The summed E-state index contributed by atoms with van der Waals surface area (Å²) < 4.78 is 14.6. The Morgan fingerprint density at radius 3 is 2.03 bits per heavy atom. The van der Waals surface area contributed by atoms with Gasteiger partial charge in [0.2, 0.25) is 0 Å². The number of methoxy groups -OCH3 is 1. The Morgan fingerprint density at radius 2 is 1.47 bits per heavy atom. The number of benzene rings is 3. The van der Waals surface area contributed by atoms with Crippen molar-refractivity contribution in [3.05, 3.63) is 95.6 Å². The van der Waals surface area contributed by atoms with Crippen molar-refractivity contribution in [3.63, 3.8) is 0 Å². The summed E-state index contributed by atoms with van der Waals surface area (Å²) >= 11 is 0. The fourth-order valence-electron chi connectivity index (χ4n) is 2.58. The molecule has 176 valence electrons. The Kier molecular flexibility index (Phi) is 9.87. The number of hydrogen-bond acceptors (Lipinski definition) is 8. The van der Waals surface area contributed by atoms with E-state index in [0.29, 0.717) is 28.3 Å². The van der Waals surface area contributed by atoms with Gasteiger partial charge < -0.3 is 25.7 Å². The lowest BCUT2D eigenvalue weighted by Gasteiger charge is -2.05. The maximum atomic E-state index is 12.0. The van der Waals surface area contributed by atoms with E-state index in [4.69, 9.17) is 20.9 Å². The predicted octanol–water partition coefficient (Wildman–Crippen LogP) is 4.01. The van der Waals surface area contributed by atoms with Crippen molar-refractivity contribution in [2.75, 3.05) is 18.6 Å². The SMILES string of the molecule is COC(C)=O.Nc1cc(N)cc(COC(=O)/C=C/c2ccc(OC(=O)c3ccccc3)cc2)c1. The molecule has 0 unspecified atom stereocenters. The van der Waals surface area contributed by atoms with E-state index in [1.54, 1.807) is 72.8 Å². The molecule has 3 aromatic carbocycles. The molecule has 0 aliphatic heterocycles. The molecule has 3 aromatic rings. The summed E-state index contributed by atoms with van der Waals surface area (Å²) in [5.74, 6) is -0.756. The topological polar surface area (TPSA) is 131 Å². The third-order valence-corrected chi connectivity index (χ3v) is 4.22. The molecule has 0 bridgehead atoms. The van der Waals surface area contributed by atoms with E-state index in [1.807, 2.05) is 6.07 Å². The lowest BCUT2D eigenvalue weighted by Crippen LogP contribution is -2.07. The molecule has 8 nitrogen and oxygen atoms in total.